The number of oxazole rings is 4. The molecule has 31 nitrogen and oxygen atoms in total. The van der Waals surface area contributed by atoms with Gasteiger partial charge in [0.1, 0.15) is 106 Å². The zero-order valence-electron chi connectivity index (χ0n) is 76.7. The monoisotopic (exact) mass is 1880 g/mol. The molecule has 0 aliphatic heterocycles. The number of anilines is 3. The van der Waals surface area contributed by atoms with Crippen molar-refractivity contribution in [1.82, 2.24) is 110 Å². The van der Waals surface area contributed by atoms with Gasteiger partial charge in [0.15, 0.2) is 22.3 Å². The van der Waals surface area contributed by atoms with Crippen molar-refractivity contribution in [2.75, 3.05) is 4.90 Å². The molecule has 10 heterocycles. The topological polar surface area (TPSA) is 329 Å². The molecule has 0 fully saturated rings. The molecule has 696 valence electrons. The Balaban J connectivity index is 0.447. The van der Waals surface area contributed by atoms with Gasteiger partial charge in [-0.2, -0.15) is 0 Å². The van der Waals surface area contributed by atoms with Crippen molar-refractivity contribution in [2.45, 2.75) is 65.7 Å². The minimum Gasteiger partial charge on any atom is -0.487 e. The lowest BCUT2D eigenvalue weighted by Crippen LogP contribution is -2.09. The summed E-state index contributed by atoms with van der Waals surface area (Å²) in [5.41, 5.74) is 24.7. The van der Waals surface area contributed by atoms with Gasteiger partial charge in [-0.3, -0.25) is 0 Å². The normalized spacial score (nSPS) is 11.8. The van der Waals surface area contributed by atoms with E-state index in [0.717, 1.165) is 128 Å². The summed E-state index contributed by atoms with van der Waals surface area (Å²) in [6, 6.07) is 102. The van der Waals surface area contributed by atoms with Crippen LogP contribution in [0, 0.1) is 0 Å². The molecule has 31 heteroatoms. The Morgan fingerprint density at radius 3 is 0.769 bits per heavy atom. The average Bonchev–Trinajstić information content (AvgIpc) is 1.75. The molecule has 0 N–H and O–H groups in total. The number of rotatable bonds is 37. The molecule has 0 radical (unpaired) electrons. The summed E-state index contributed by atoms with van der Waals surface area (Å²) in [4.78, 5) is 20.5. The van der Waals surface area contributed by atoms with Crippen molar-refractivity contribution in [3.05, 3.63) is 449 Å². The molecular formula is C112H85N23O8. The van der Waals surface area contributed by atoms with Crippen LogP contribution < -0.4 is 23.8 Å². The number of hydrogen-bond donors (Lipinski definition) is 0. The first-order chi connectivity index (χ1) is 70.5. The number of para-hydroxylation sites is 9. The van der Waals surface area contributed by atoms with Gasteiger partial charge in [-0.05, 0) is 189 Å². The molecule has 0 atom stereocenters. The SMILES string of the molecule is C(=C\c1nc2ccccc2o1)/c1ccc(Cn2cc(COc3cc(Cn4cc(-c5ccc(N(c6ccccc6)c6ccc(-c7cn(Cc8cc(OCc9cn(Cc%10ccc(/C=C/c%11nc%12ccccc%12o%11)cc%10)nn9)cc(OCc9cn(Cc%10ccc(/C=C/c%11nc%12ccccc%12o%11)cc%10)nn9)c8)nn7)cc6)cc5)nn4)cc(OCc4cn(Cc5ccc(/C=C/c6nc7ccccc7o6)cc5)nn4)c3)nn2)cc1. The predicted molar refractivity (Wildman–Crippen MR) is 542 cm³/mol. The maximum absolute atomic E-state index is 6.52. The zero-order chi connectivity index (χ0) is 95.4. The lowest BCUT2D eigenvalue weighted by Gasteiger charge is -2.25. The van der Waals surface area contributed by atoms with E-state index < -0.39 is 0 Å². The first kappa shape index (κ1) is 87.6. The number of aromatic nitrogens is 22. The van der Waals surface area contributed by atoms with Gasteiger partial charge in [0.25, 0.3) is 0 Å². The van der Waals surface area contributed by atoms with Crippen molar-refractivity contribution in [2.24, 2.45) is 0 Å². The second-order valence-electron chi connectivity index (χ2n) is 34.2. The maximum Gasteiger partial charge on any atom is 0.220 e. The Bertz CT molecular complexity index is 7510. The highest BCUT2D eigenvalue weighted by atomic mass is 16.5. The second-order valence-corrected chi connectivity index (χ2v) is 34.2. The van der Waals surface area contributed by atoms with Crippen LogP contribution in [-0.2, 0) is 65.7 Å². The summed E-state index contributed by atoms with van der Waals surface area (Å²) in [6.45, 7) is 3.27. The molecule has 0 unspecified atom stereocenters. The summed E-state index contributed by atoms with van der Waals surface area (Å²) >= 11 is 0. The van der Waals surface area contributed by atoms with Crippen molar-refractivity contribution in [3.63, 3.8) is 0 Å². The molecule has 0 spiro atoms. The van der Waals surface area contributed by atoms with E-state index in [1.54, 1.807) is 28.1 Å². The van der Waals surface area contributed by atoms with Gasteiger partial charge in [-0.25, -0.2) is 48.0 Å². The fraction of sp³-hybridized carbons (Fsp3) is 0.0893. The van der Waals surface area contributed by atoms with Crippen LogP contribution in [0.2, 0.25) is 0 Å². The Morgan fingerprint density at radius 1 is 0.231 bits per heavy atom. The van der Waals surface area contributed by atoms with Crippen LogP contribution in [0.1, 0.15) is 102 Å². The molecule has 0 saturated carbocycles. The number of fused-ring (bicyclic) bond motifs is 4. The third kappa shape index (κ3) is 21.7. The summed E-state index contributed by atoms with van der Waals surface area (Å²) in [7, 11) is 0. The summed E-state index contributed by atoms with van der Waals surface area (Å²) < 4.78 is 60.4. The van der Waals surface area contributed by atoms with Crippen molar-refractivity contribution in [3.8, 4) is 45.5 Å². The molecular weight excluding hydrogens is 1800 g/mol. The van der Waals surface area contributed by atoms with Crippen LogP contribution in [0.5, 0.6) is 23.0 Å². The van der Waals surface area contributed by atoms with Gasteiger partial charge in [-0.1, -0.05) is 219 Å². The zero-order valence-corrected chi connectivity index (χ0v) is 76.7. The minimum absolute atomic E-state index is 0.141. The van der Waals surface area contributed by atoms with Crippen LogP contribution in [0.25, 0.3) is 116 Å². The van der Waals surface area contributed by atoms with Crippen LogP contribution in [0.15, 0.2) is 364 Å². The minimum atomic E-state index is 0.141. The molecule has 0 aliphatic rings. The van der Waals surface area contributed by atoms with Gasteiger partial charge in [0.05, 0.1) is 76.4 Å². The molecule has 0 amide bonds. The average molecular weight is 1880 g/mol. The Labute approximate surface area is 816 Å². The van der Waals surface area contributed by atoms with Crippen LogP contribution in [-0.4, -0.2) is 110 Å². The standard InChI is InChI=1S/C112H85N23O8/c1-2-12-92(13-3-1)135(93-46-42-86(43-47-93)103-70-133(127-121-103)64-84-54-95(136-72-88-66-129(123-117-88)60-80-30-22-76(23-31-80)38-50-109-113-99-14-4-8-18-105(99)140-109)58-96(55-84)137-73-89-67-130(124-118-89)61-81-32-24-77(25-33-81)39-51-110-114-100-15-5-9-19-106(100)141-110)94-48-44-87(45-49-94)104-71-134(128-122-104)65-85-56-97(138-74-90-68-131(125-119-90)62-82-34-26-78(27-35-82)40-52-111-115-101-16-6-10-20-107(101)142-111)59-98(57-85)139-75-91-69-132(126-120-91)63-83-36-28-79(29-37-83)41-53-112-116-102-17-7-11-21-108(102)143-112/h1-59,66-71H,60-65,72-75H2/b50-38+,51-39+,52-40+,53-41+. The van der Waals surface area contributed by atoms with E-state index in [0.29, 0.717) is 120 Å². The first-order valence-corrected chi connectivity index (χ1v) is 46.3. The fourth-order valence-electron chi connectivity index (χ4n) is 16.5. The highest BCUT2D eigenvalue weighted by molar-refractivity contribution is 5.82. The first-order valence-electron chi connectivity index (χ1n) is 46.3. The van der Waals surface area contributed by atoms with Crippen molar-refractivity contribution < 1.29 is 36.6 Å². The number of ether oxygens (including phenoxy) is 4. The Hall–Kier alpha value is -19.5. The molecule has 23 rings (SSSR count). The van der Waals surface area contributed by atoms with E-state index in [1.807, 2.05) is 286 Å². The quantitative estimate of drug-likeness (QED) is 0.0349. The summed E-state index contributed by atoms with van der Waals surface area (Å²) in [6.07, 6.45) is 26.8. The summed E-state index contributed by atoms with van der Waals surface area (Å²) in [5, 5.41) is 54.4. The number of benzene rings is 13. The van der Waals surface area contributed by atoms with E-state index in [1.165, 1.54) is 0 Å². The number of nitrogens with zero attached hydrogens (tertiary/aromatic N) is 23. The Kier molecular flexibility index (Phi) is 24.8. The highest BCUT2D eigenvalue weighted by Gasteiger charge is 2.20. The molecule has 0 saturated heterocycles. The van der Waals surface area contributed by atoms with E-state index in [2.05, 4.69) is 186 Å². The smallest absolute Gasteiger partial charge is 0.220 e. The van der Waals surface area contributed by atoms with Crippen molar-refractivity contribution in [1.29, 1.82) is 0 Å². The second kappa shape index (κ2) is 40.5. The maximum atomic E-state index is 6.52. The lowest BCUT2D eigenvalue weighted by atomic mass is 10.1. The third-order valence-electron chi connectivity index (χ3n) is 23.6. The van der Waals surface area contributed by atoms with Gasteiger partial charge < -0.3 is 41.5 Å². The lowest BCUT2D eigenvalue weighted by molar-refractivity contribution is 0.284. The third-order valence-corrected chi connectivity index (χ3v) is 23.6. The molecule has 13 aromatic carbocycles. The van der Waals surface area contributed by atoms with E-state index >= 15 is 0 Å². The molecule has 143 heavy (non-hydrogen) atoms. The predicted octanol–water partition coefficient (Wildman–Crippen LogP) is 21.9. The summed E-state index contributed by atoms with van der Waals surface area (Å²) in [5.74, 6) is 4.40. The molecule has 0 bridgehead atoms. The van der Waals surface area contributed by atoms with E-state index in [-0.39, 0.29) is 26.4 Å². The molecule has 0 aliphatic carbocycles. The largest absolute Gasteiger partial charge is 0.487 e. The van der Waals surface area contributed by atoms with Gasteiger partial charge in [0, 0.05) is 64.6 Å². The Morgan fingerprint density at radius 2 is 0.483 bits per heavy atom. The fourth-order valence-corrected chi connectivity index (χ4v) is 16.5. The van der Waals surface area contributed by atoms with Crippen LogP contribution in [0.4, 0.5) is 17.1 Å². The van der Waals surface area contributed by atoms with Crippen LogP contribution in [0.3, 0.4) is 0 Å². The molecule has 10 aromatic heterocycles. The van der Waals surface area contributed by atoms with Gasteiger partial charge in [-0.15, -0.1) is 30.6 Å². The molecule has 23 aromatic rings. The van der Waals surface area contributed by atoms with E-state index in [4.69, 9.17) is 46.8 Å². The van der Waals surface area contributed by atoms with E-state index in [9.17, 15) is 0 Å². The van der Waals surface area contributed by atoms with Gasteiger partial charge in [0.2, 0.25) is 23.6 Å². The van der Waals surface area contributed by atoms with Crippen LogP contribution >= 0.6 is 0 Å². The number of hydrogen-bond acceptors (Lipinski definition) is 25. The van der Waals surface area contributed by atoms with Gasteiger partial charge >= 0.3 is 0 Å². The highest BCUT2D eigenvalue weighted by Crippen LogP contribution is 2.38. The van der Waals surface area contributed by atoms with Crippen molar-refractivity contribution >= 4 is 110 Å².